The van der Waals surface area contributed by atoms with Gasteiger partial charge in [-0.15, -0.1) is 6.58 Å². The minimum Gasteiger partial charge on any atom is -0.377 e. The maximum Gasteiger partial charge on any atom is 0.148 e. The number of rotatable bonds is 14. The van der Waals surface area contributed by atoms with E-state index >= 15 is 0 Å². The van der Waals surface area contributed by atoms with Crippen molar-refractivity contribution in [2.75, 3.05) is 13.2 Å². The van der Waals surface area contributed by atoms with Gasteiger partial charge in [-0.05, 0) is 66.0 Å². The van der Waals surface area contributed by atoms with E-state index in [1.807, 2.05) is 18.2 Å². The fourth-order valence-corrected chi connectivity index (χ4v) is 4.97. The van der Waals surface area contributed by atoms with E-state index in [9.17, 15) is 4.79 Å². The average molecular weight is 513 g/mol. The number of benzene rings is 3. The summed E-state index contributed by atoms with van der Waals surface area (Å²) in [6, 6.07) is 25.7. The highest BCUT2D eigenvalue weighted by Gasteiger charge is 2.31. The molecule has 4 nitrogen and oxygen atoms in total. The molecule has 200 valence electrons. The number of aryl methyl sites for hydroxylation is 2. The Morgan fingerprint density at radius 2 is 1.74 bits per heavy atom. The van der Waals surface area contributed by atoms with E-state index in [2.05, 4.69) is 68.1 Å². The molecular weight excluding hydrogens is 472 g/mol. The Morgan fingerprint density at radius 3 is 2.50 bits per heavy atom. The molecule has 1 heterocycles. The topological polar surface area (TPSA) is 44.8 Å². The number of ether oxygens (including phenoxy) is 3. The number of hydrogen-bond donors (Lipinski definition) is 0. The van der Waals surface area contributed by atoms with Gasteiger partial charge >= 0.3 is 0 Å². The van der Waals surface area contributed by atoms with E-state index in [-0.39, 0.29) is 12.2 Å². The normalized spacial score (nSPS) is 19.2. The molecule has 3 atom stereocenters. The van der Waals surface area contributed by atoms with Crippen molar-refractivity contribution < 1.29 is 19.0 Å². The lowest BCUT2D eigenvalue weighted by Gasteiger charge is -2.33. The molecule has 4 rings (SSSR count). The third-order valence-electron chi connectivity index (χ3n) is 7.19. The van der Waals surface area contributed by atoms with Gasteiger partial charge in [0.15, 0.2) is 0 Å². The average Bonchev–Trinajstić information content (AvgIpc) is 2.96. The van der Waals surface area contributed by atoms with Crippen LogP contribution in [0.25, 0.3) is 0 Å². The first-order valence-electron chi connectivity index (χ1n) is 13.8. The second-order valence-electron chi connectivity index (χ2n) is 10.2. The SMILES string of the molecule is C=CCOCCCCc1ccc(Cc2cc([C@H]3C[C@@H](OCc4ccccc4)C[C@@H](C=O)O3)ccc2C)cc1. The molecule has 0 spiro atoms. The zero-order valence-corrected chi connectivity index (χ0v) is 22.5. The van der Waals surface area contributed by atoms with Gasteiger partial charge in [-0.1, -0.05) is 78.9 Å². The molecule has 0 aromatic heterocycles. The van der Waals surface area contributed by atoms with Crippen LogP contribution in [0.4, 0.5) is 0 Å². The highest BCUT2D eigenvalue weighted by Crippen LogP contribution is 2.34. The molecule has 1 aliphatic heterocycles. The summed E-state index contributed by atoms with van der Waals surface area (Å²) in [5.74, 6) is 0. The molecule has 1 fully saturated rings. The fraction of sp³-hybridized carbons (Fsp3) is 0.382. The molecule has 1 saturated heterocycles. The molecule has 0 aliphatic carbocycles. The van der Waals surface area contributed by atoms with Gasteiger partial charge in [0, 0.05) is 19.4 Å². The first kappa shape index (κ1) is 28.0. The molecule has 1 aliphatic rings. The highest BCUT2D eigenvalue weighted by atomic mass is 16.5. The summed E-state index contributed by atoms with van der Waals surface area (Å²) in [5, 5.41) is 0. The van der Waals surface area contributed by atoms with Crippen LogP contribution in [0.5, 0.6) is 0 Å². The maximum absolute atomic E-state index is 11.7. The van der Waals surface area contributed by atoms with Gasteiger partial charge in [0.05, 0.1) is 25.4 Å². The van der Waals surface area contributed by atoms with Gasteiger partial charge < -0.3 is 19.0 Å². The van der Waals surface area contributed by atoms with Crippen LogP contribution in [0.1, 0.15) is 65.2 Å². The summed E-state index contributed by atoms with van der Waals surface area (Å²) in [6.07, 6.45) is 7.54. The minimum atomic E-state index is -0.444. The van der Waals surface area contributed by atoms with E-state index in [1.54, 1.807) is 6.08 Å². The number of carbonyl (C=O) groups is 1. The summed E-state index contributed by atoms with van der Waals surface area (Å²) in [5.41, 5.74) is 7.45. The first-order chi connectivity index (χ1) is 18.6. The number of carbonyl (C=O) groups excluding carboxylic acids is 1. The van der Waals surface area contributed by atoms with E-state index < -0.39 is 6.10 Å². The lowest BCUT2D eigenvalue weighted by atomic mass is 9.92. The Hall–Kier alpha value is -3.05. The Bertz CT molecular complexity index is 1140. The van der Waals surface area contributed by atoms with Crippen molar-refractivity contribution in [1.29, 1.82) is 0 Å². The van der Waals surface area contributed by atoms with Crippen molar-refractivity contribution in [3.8, 4) is 0 Å². The molecule has 0 N–H and O–H groups in total. The van der Waals surface area contributed by atoms with Crippen LogP contribution in [0.15, 0.2) is 85.5 Å². The van der Waals surface area contributed by atoms with Crippen LogP contribution >= 0.6 is 0 Å². The van der Waals surface area contributed by atoms with Crippen molar-refractivity contribution in [2.24, 2.45) is 0 Å². The van der Waals surface area contributed by atoms with Crippen LogP contribution in [-0.2, 0) is 38.5 Å². The second kappa shape index (κ2) is 14.8. The lowest BCUT2D eigenvalue weighted by molar-refractivity contribution is -0.142. The van der Waals surface area contributed by atoms with Gasteiger partial charge in [0.1, 0.15) is 12.4 Å². The molecule has 3 aromatic carbocycles. The summed E-state index contributed by atoms with van der Waals surface area (Å²) in [7, 11) is 0. The predicted molar refractivity (Wildman–Crippen MR) is 152 cm³/mol. The lowest BCUT2D eigenvalue weighted by Crippen LogP contribution is -2.34. The molecule has 0 unspecified atom stereocenters. The largest absolute Gasteiger partial charge is 0.377 e. The van der Waals surface area contributed by atoms with Crippen LogP contribution < -0.4 is 0 Å². The second-order valence-corrected chi connectivity index (χ2v) is 10.2. The smallest absolute Gasteiger partial charge is 0.148 e. The predicted octanol–water partition coefficient (Wildman–Crippen LogP) is 7.12. The van der Waals surface area contributed by atoms with Crippen molar-refractivity contribution in [1.82, 2.24) is 0 Å². The number of hydrogen-bond acceptors (Lipinski definition) is 4. The third kappa shape index (κ3) is 8.49. The molecule has 0 amide bonds. The summed E-state index contributed by atoms with van der Waals surface area (Å²) in [4.78, 5) is 11.7. The summed E-state index contributed by atoms with van der Waals surface area (Å²) >= 11 is 0. The summed E-state index contributed by atoms with van der Waals surface area (Å²) in [6.45, 7) is 7.79. The van der Waals surface area contributed by atoms with Crippen LogP contribution in [0.3, 0.4) is 0 Å². The van der Waals surface area contributed by atoms with Gasteiger partial charge in [-0.2, -0.15) is 0 Å². The Balaban J connectivity index is 1.35. The quantitative estimate of drug-likeness (QED) is 0.131. The molecule has 38 heavy (non-hydrogen) atoms. The molecule has 0 bridgehead atoms. The van der Waals surface area contributed by atoms with E-state index in [0.29, 0.717) is 19.6 Å². The van der Waals surface area contributed by atoms with Crippen LogP contribution in [0.2, 0.25) is 0 Å². The van der Waals surface area contributed by atoms with Crippen molar-refractivity contribution in [3.63, 3.8) is 0 Å². The van der Waals surface area contributed by atoms with E-state index in [0.717, 1.165) is 56.1 Å². The molecule has 0 saturated carbocycles. The van der Waals surface area contributed by atoms with E-state index in [4.69, 9.17) is 14.2 Å². The monoisotopic (exact) mass is 512 g/mol. The first-order valence-corrected chi connectivity index (χ1v) is 13.8. The Morgan fingerprint density at radius 1 is 0.947 bits per heavy atom. The van der Waals surface area contributed by atoms with Crippen molar-refractivity contribution in [3.05, 3.63) is 119 Å². The molecule has 3 aromatic rings. The summed E-state index contributed by atoms with van der Waals surface area (Å²) < 4.78 is 17.9. The molecule has 0 radical (unpaired) electrons. The fourth-order valence-electron chi connectivity index (χ4n) is 4.97. The number of unbranched alkanes of at least 4 members (excludes halogenated alkanes) is 1. The zero-order valence-electron chi connectivity index (χ0n) is 22.5. The van der Waals surface area contributed by atoms with Crippen LogP contribution in [0, 0.1) is 6.92 Å². The molecular formula is C34H40O4. The van der Waals surface area contributed by atoms with Crippen molar-refractivity contribution in [2.45, 2.75) is 70.4 Å². The van der Waals surface area contributed by atoms with Gasteiger partial charge in [-0.3, -0.25) is 0 Å². The third-order valence-corrected chi connectivity index (χ3v) is 7.19. The van der Waals surface area contributed by atoms with Crippen molar-refractivity contribution >= 4 is 6.29 Å². The highest BCUT2D eigenvalue weighted by molar-refractivity contribution is 5.56. The van der Waals surface area contributed by atoms with Gasteiger partial charge in [-0.25, -0.2) is 0 Å². The molecule has 4 heteroatoms. The maximum atomic E-state index is 11.7. The minimum absolute atomic E-state index is 0.0185. The number of aldehydes is 1. The standard InChI is InChI=1S/C34H40O4/c1-3-18-36-19-8-7-9-27-13-15-28(16-14-27)20-31-21-30(17-12-26(31)2)34-23-32(22-33(24-35)38-34)37-25-29-10-5-4-6-11-29/h3-6,10-17,21,24,32-34H,1,7-9,18-20,22-23,25H2,2H3/t32-,33-,34+/m0/s1. The van der Waals surface area contributed by atoms with Crippen LogP contribution in [-0.4, -0.2) is 31.7 Å². The Kier molecular flexibility index (Phi) is 10.9. The Labute approximate surface area is 227 Å². The van der Waals surface area contributed by atoms with Gasteiger partial charge in [0.2, 0.25) is 0 Å². The van der Waals surface area contributed by atoms with E-state index in [1.165, 1.54) is 22.3 Å². The van der Waals surface area contributed by atoms with Gasteiger partial charge in [0.25, 0.3) is 0 Å². The zero-order chi connectivity index (χ0) is 26.6.